The first-order chi connectivity index (χ1) is 6.68. The standard InChI is InChI=1S/C10H10O4/c1-6(11)10(12)7-2-3-8-9(4-7)14-5-13-8/h2-4,6,11H,5H2,1H3/t6-/m0/s1. The summed E-state index contributed by atoms with van der Waals surface area (Å²) in [6.07, 6.45) is -0.990. The van der Waals surface area contributed by atoms with Gasteiger partial charge >= 0.3 is 0 Å². The summed E-state index contributed by atoms with van der Waals surface area (Å²) in [4.78, 5) is 11.4. The summed E-state index contributed by atoms with van der Waals surface area (Å²) in [5.74, 6) is 0.868. The zero-order chi connectivity index (χ0) is 10.1. The lowest BCUT2D eigenvalue weighted by atomic mass is 10.1. The Labute approximate surface area is 81.1 Å². The molecule has 4 heteroatoms. The maximum absolute atomic E-state index is 11.4. The van der Waals surface area contributed by atoms with Crippen LogP contribution in [0.1, 0.15) is 17.3 Å². The van der Waals surface area contributed by atoms with Gasteiger partial charge in [0.15, 0.2) is 17.3 Å². The number of ether oxygens (including phenoxy) is 2. The Balaban J connectivity index is 2.33. The van der Waals surface area contributed by atoms with E-state index < -0.39 is 6.10 Å². The van der Waals surface area contributed by atoms with Gasteiger partial charge < -0.3 is 14.6 Å². The van der Waals surface area contributed by atoms with Crippen molar-refractivity contribution < 1.29 is 19.4 Å². The molecule has 14 heavy (non-hydrogen) atoms. The highest BCUT2D eigenvalue weighted by Gasteiger charge is 2.18. The number of carbonyl (C=O) groups excluding carboxylic acids is 1. The lowest BCUT2D eigenvalue weighted by molar-refractivity contribution is 0.0779. The van der Waals surface area contributed by atoms with Gasteiger partial charge in [0.05, 0.1) is 0 Å². The number of carbonyl (C=O) groups is 1. The van der Waals surface area contributed by atoms with Crippen molar-refractivity contribution in [2.24, 2.45) is 0 Å². The number of aliphatic hydroxyl groups excluding tert-OH is 1. The minimum Gasteiger partial charge on any atom is -0.454 e. The number of Topliss-reactive ketones (excluding diaryl/α,β-unsaturated/α-hetero) is 1. The second-order valence-electron chi connectivity index (χ2n) is 3.11. The highest BCUT2D eigenvalue weighted by Crippen LogP contribution is 2.32. The van der Waals surface area contributed by atoms with E-state index in [1.54, 1.807) is 18.2 Å². The van der Waals surface area contributed by atoms with E-state index in [-0.39, 0.29) is 12.6 Å². The van der Waals surface area contributed by atoms with Gasteiger partial charge in [-0.3, -0.25) is 4.79 Å². The average molecular weight is 194 g/mol. The van der Waals surface area contributed by atoms with Gasteiger partial charge in [-0.1, -0.05) is 0 Å². The van der Waals surface area contributed by atoms with E-state index >= 15 is 0 Å². The molecule has 4 nitrogen and oxygen atoms in total. The molecule has 2 rings (SSSR count). The second-order valence-corrected chi connectivity index (χ2v) is 3.11. The van der Waals surface area contributed by atoms with E-state index in [1.165, 1.54) is 6.92 Å². The Morgan fingerprint density at radius 2 is 2.14 bits per heavy atom. The molecule has 0 aliphatic carbocycles. The molecular weight excluding hydrogens is 184 g/mol. The molecule has 1 aliphatic rings. The number of hydrogen-bond acceptors (Lipinski definition) is 4. The van der Waals surface area contributed by atoms with Crippen LogP contribution in [-0.4, -0.2) is 23.8 Å². The average Bonchev–Trinajstić information content (AvgIpc) is 2.62. The molecule has 0 saturated carbocycles. The van der Waals surface area contributed by atoms with Gasteiger partial charge in [0, 0.05) is 5.56 Å². The van der Waals surface area contributed by atoms with Gasteiger partial charge in [0.1, 0.15) is 6.10 Å². The first-order valence-corrected chi connectivity index (χ1v) is 4.30. The Morgan fingerprint density at radius 1 is 1.43 bits per heavy atom. The van der Waals surface area contributed by atoms with E-state index in [0.29, 0.717) is 17.1 Å². The molecule has 0 radical (unpaired) electrons. The third-order valence-electron chi connectivity index (χ3n) is 2.04. The molecule has 1 aromatic carbocycles. The van der Waals surface area contributed by atoms with Crippen LogP contribution < -0.4 is 9.47 Å². The summed E-state index contributed by atoms with van der Waals surface area (Å²) >= 11 is 0. The van der Waals surface area contributed by atoms with Crippen molar-refractivity contribution in [3.05, 3.63) is 23.8 Å². The van der Waals surface area contributed by atoms with Crippen molar-refractivity contribution in [1.29, 1.82) is 0 Å². The first kappa shape index (κ1) is 9.02. The van der Waals surface area contributed by atoms with Gasteiger partial charge in [0.2, 0.25) is 6.79 Å². The van der Waals surface area contributed by atoms with Crippen LogP contribution in [0.3, 0.4) is 0 Å². The number of rotatable bonds is 2. The minimum absolute atomic E-state index is 0.182. The van der Waals surface area contributed by atoms with Gasteiger partial charge in [-0.25, -0.2) is 0 Å². The molecule has 1 aromatic rings. The van der Waals surface area contributed by atoms with E-state index in [0.717, 1.165) is 0 Å². The van der Waals surface area contributed by atoms with Crippen LogP contribution in [0.2, 0.25) is 0 Å². The minimum atomic E-state index is -0.990. The summed E-state index contributed by atoms with van der Waals surface area (Å²) < 4.78 is 10.2. The normalized spacial score (nSPS) is 15.3. The summed E-state index contributed by atoms with van der Waals surface area (Å²) in [6, 6.07) is 4.86. The van der Waals surface area contributed by atoms with Crippen LogP contribution in [0.25, 0.3) is 0 Å². The van der Waals surface area contributed by atoms with Gasteiger partial charge in [0.25, 0.3) is 0 Å². The molecule has 1 atom stereocenters. The van der Waals surface area contributed by atoms with Gasteiger partial charge in [-0.05, 0) is 25.1 Å². The Morgan fingerprint density at radius 3 is 2.86 bits per heavy atom. The summed E-state index contributed by atoms with van der Waals surface area (Å²) in [7, 11) is 0. The zero-order valence-electron chi connectivity index (χ0n) is 7.69. The van der Waals surface area contributed by atoms with E-state index in [2.05, 4.69) is 0 Å². The zero-order valence-corrected chi connectivity index (χ0v) is 7.69. The van der Waals surface area contributed by atoms with Gasteiger partial charge in [-0.2, -0.15) is 0 Å². The predicted octanol–water partition coefficient (Wildman–Crippen LogP) is 0.979. The highest BCUT2D eigenvalue weighted by atomic mass is 16.7. The molecule has 0 bridgehead atoms. The molecular formula is C10H10O4. The largest absolute Gasteiger partial charge is 0.454 e. The van der Waals surface area contributed by atoms with Crippen LogP contribution >= 0.6 is 0 Å². The lowest BCUT2D eigenvalue weighted by Gasteiger charge is -2.03. The number of fused-ring (bicyclic) bond motifs is 1. The third-order valence-corrected chi connectivity index (χ3v) is 2.04. The van der Waals surface area contributed by atoms with Crippen LogP contribution in [0.5, 0.6) is 11.5 Å². The monoisotopic (exact) mass is 194 g/mol. The number of hydrogen-bond donors (Lipinski definition) is 1. The summed E-state index contributed by atoms with van der Waals surface area (Å²) in [6.45, 7) is 1.62. The van der Waals surface area contributed by atoms with Crippen LogP contribution in [-0.2, 0) is 0 Å². The Bertz CT molecular complexity index is 370. The van der Waals surface area contributed by atoms with Crippen molar-refractivity contribution in [3.8, 4) is 11.5 Å². The second kappa shape index (κ2) is 3.31. The molecule has 1 N–H and O–H groups in total. The van der Waals surface area contributed by atoms with Crippen LogP contribution in [0.15, 0.2) is 18.2 Å². The van der Waals surface area contributed by atoms with Crippen molar-refractivity contribution in [3.63, 3.8) is 0 Å². The van der Waals surface area contributed by atoms with Crippen LogP contribution in [0.4, 0.5) is 0 Å². The maximum Gasteiger partial charge on any atom is 0.231 e. The highest BCUT2D eigenvalue weighted by molar-refractivity contribution is 5.99. The summed E-state index contributed by atoms with van der Waals surface area (Å²) in [5, 5.41) is 9.10. The number of ketones is 1. The summed E-state index contributed by atoms with van der Waals surface area (Å²) in [5.41, 5.74) is 0.434. The molecule has 0 amide bonds. The first-order valence-electron chi connectivity index (χ1n) is 4.30. The molecule has 1 heterocycles. The lowest BCUT2D eigenvalue weighted by Crippen LogP contribution is -2.15. The maximum atomic E-state index is 11.4. The fraction of sp³-hybridized carbons (Fsp3) is 0.300. The van der Waals surface area contributed by atoms with Crippen molar-refractivity contribution in [1.82, 2.24) is 0 Å². The topological polar surface area (TPSA) is 55.8 Å². The molecule has 74 valence electrons. The smallest absolute Gasteiger partial charge is 0.231 e. The fourth-order valence-electron chi connectivity index (χ4n) is 1.29. The SMILES string of the molecule is C[C@H](O)C(=O)c1ccc2c(c1)OCO2. The molecule has 0 aromatic heterocycles. The van der Waals surface area contributed by atoms with E-state index in [4.69, 9.17) is 14.6 Å². The predicted molar refractivity (Wildman–Crippen MR) is 48.6 cm³/mol. The Hall–Kier alpha value is -1.55. The van der Waals surface area contributed by atoms with Crippen LogP contribution in [0, 0.1) is 0 Å². The molecule has 0 spiro atoms. The van der Waals surface area contributed by atoms with Gasteiger partial charge in [-0.15, -0.1) is 0 Å². The quantitative estimate of drug-likeness (QED) is 0.713. The molecule has 0 unspecified atom stereocenters. The Kier molecular flexibility index (Phi) is 2.13. The fourth-order valence-corrected chi connectivity index (χ4v) is 1.29. The molecule has 1 aliphatic heterocycles. The van der Waals surface area contributed by atoms with E-state index in [1.807, 2.05) is 0 Å². The molecule has 0 saturated heterocycles. The van der Waals surface area contributed by atoms with Crippen molar-refractivity contribution >= 4 is 5.78 Å². The van der Waals surface area contributed by atoms with Crippen molar-refractivity contribution in [2.75, 3.05) is 6.79 Å². The molecule has 0 fully saturated rings. The number of aliphatic hydroxyl groups is 1. The number of benzene rings is 1. The van der Waals surface area contributed by atoms with Crippen molar-refractivity contribution in [2.45, 2.75) is 13.0 Å². The van der Waals surface area contributed by atoms with E-state index in [9.17, 15) is 4.79 Å². The third kappa shape index (κ3) is 1.44.